The molecule has 0 aliphatic heterocycles. The van der Waals surface area contributed by atoms with Crippen molar-refractivity contribution < 1.29 is 22.7 Å². The number of rotatable bonds is 0. The third-order valence-electron chi connectivity index (χ3n) is 0.803. The van der Waals surface area contributed by atoms with Crippen LogP contribution < -0.4 is 0 Å². The van der Waals surface area contributed by atoms with Crippen molar-refractivity contribution in [2.24, 2.45) is 0 Å². The standard InChI is InChI=1S/C5H5NOS.Mg.H2O4S/c7-6-4-2-1-3-5(6)8;;1-5(2,3)4/h1-4,7H;;(H2,1,2,3,4)/q;+2;/p-2. The molecular formula is C5H5MgNO5S2. The van der Waals surface area contributed by atoms with Crippen LogP contribution in [0.4, 0.5) is 0 Å². The van der Waals surface area contributed by atoms with Gasteiger partial charge in [0.15, 0.2) is 0 Å². The van der Waals surface area contributed by atoms with E-state index in [1.165, 1.54) is 6.20 Å². The minimum atomic E-state index is -5.17. The van der Waals surface area contributed by atoms with E-state index in [1.54, 1.807) is 18.2 Å². The van der Waals surface area contributed by atoms with Gasteiger partial charge in [0.1, 0.15) is 4.64 Å². The molecular weight excluding hydrogens is 242 g/mol. The van der Waals surface area contributed by atoms with Crippen molar-refractivity contribution in [3.05, 3.63) is 29.0 Å². The number of nitrogens with zero attached hydrogens (tertiary/aromatic N) is 1. The summed E-state index contributed by atoms with van der Waals surface area (Å²) in [6, 6.07) is 5.13. The van der Waals surface area contributed by atoms with Crippen molar-refractivity contribution in [2.75, 3.05) is 0 Å². The molecule has 0 unspecified atom stereocenters. The summed E-state index contributed by atoms with van der Waals surface area (Å²) in [7, 11) is -5.17. The molecule has 6 nitrogen and oxygen atoms in total. The van der Waals surface area contributed by atoms with Crippen LogP contribution >= 0.6 is 12.2 Å². The number of hydrogen-bond donors (Lipinski definition) is 1. The third kappa shape index (κ3) is 11.8. The van der Waals surface area contributed by atoms with Crippen LogP contribution in [-0.4, -0.2) is 50.5 Å². The van der Waals surface area contributed by atoms with E-state index in [0.29, 0.717) is 4.64 Å². The van der Waals surface area contributed by atoms with Crippen LogP contribution in [0.25, 0.3) is 0 Å². The Morgan fingerprint density at radius 1 is 1.36 bits per heavy atom. The predicted molar refractivity (Wildman–Crippen MR) is 48.7 cm³/mol. The van der Waals surface area contributed by atoms with Crippen LogP contribution in [0.5, 0.6) is 0 Å². The van der Waals surface area contributed by atoms with Gasteiger partial charge in [0.25, 0.3) is 0 Å². The van der Waals surface area contributed by atoms with Gasteiger partial charge in [-0.15, -0.1) is 0 Å². The van der Waals surface area contributed by atoms with Gasteiger partial charge in [0, 0.05) is 16.6 Å². The maximum absolute atomic E-state index is 8.73. The van der Waals surface area contributed by atoms with Crippen molar-refractivity contribution in [1.29, 1.82) is 0 Å². The molecule has 0 saturated heterocycles. The molecule has 0 spiro atoms. The average molecular weight is 248 g/mol. The van der Waals surface area contributed by atoms with E-state index in [2.05, 4.69) is 12.2 Å². The Bertz CT molecular complexity index is 406. The van der Waals surface area contributed by atoms with Crippen molar-refractivity contribution in [3.63, 3.8) is 0 Å². The second-order valence-corrected chi connectivity index (χ2v) is 3.03. The molecule has 0 aliphatic rings. The fraction of sp³-hybridized carbons (Fsp3) is 0. The Morgan fingerprint density at radius 2 is 1.79 bits per heavy atom. The zero-order valence-electron chi connectivity index (χ0n) is 6.86. The number of pyridine rings is 1. The van der Waals surface area contributed by atoms with Crippen LogP contribution in [0.1, 0.15) is 0 Å². The topological polar surface area (TPSA) is 105 Å². The molecule has 0 bridgehead atoms. The second kappa shape index (κ2) is 7.14. The van der Waals surface area contributed by atoms with Crippen molar-refractivity contribution >= 4 is 45.7 Å². The fourth-order valence-electron chi connectivity index (χ4n) is 0.419. The first-order valence-electron chi connectivity index (χ1n) is 2.84. The van der Waals surface area contributed by atoms with Crippen LogP contribution in [0.15, 0.2) is 24.4 Å². The number of aromatic nitrogens is 1. The molecule has 0 saturated carbocycles. The van der Waals surface area contributed by atoms with E-state index in [9.17, 15) is 0 Å². The van der Waals surface area contributed by atoms with Gasteiger partial charge in [-0.3, -0.25) is 8.42 Å². The van der Waals surface area contributed by atoms with E-state index in [0.717, 1.165) is 4.73 Å². The Kier molecular flexibility index (Phi) is 8.29. The van der Waals surface area contributed by atoms with Crippen LogP contribution in [0.3, 0.4) is 0 Å². The van der Waals surface area contributed by atoms with E-state index < -0.39 is 10.4 Å². The van der Waals surface area contributed by atoms with Crippen LogP contribution in [0, 0.1) is 4.64 Å². The molecule has 1 N–H and O–H groups in total. The molecule has 0 aromatic carbocycles. The molecule has 74 valence electrons. The van der Waals surface area contributed by atoms with Gasteiger partial charge in [0.05, 0.1) is 0 Å². The van der Waals surface area contributed by atoms with Gasteiger partial charge in [-0.2, -0.15) is 4.73 Å². The summed E-state index contributed by atoms with van der Waals surface area (Å²) >= 11 is 4.67. The molecule has 1 rings (SSSR count). The van der Waals surface area contributed by atoms with Crippen molar-refractivity contribution in [1.82, 2.24) is 4.73 Å². The van der Waals surface area contributed by atoms with Gasteiger partial charge in [-0.05, 0) is 12.1 Å². The van der Waals surface area contributed by atoms with E-state index in [1.807, 2.05) is 0 Å². The minimum absolute atomic E-state index is 0. The predicted octanol–water partition coefficient (Wildman–Crippen LogP) is -0.264. The molecule has 1 aromatic rings. The van der Waals surface area contributed by atoms with Gasteiger partial charge in [-0.1, -0.05) is 18.3 Å². The molecule has 0 fully saturated rings. The Labute approximate surface area is 102 Å². The van der Waals surface area contributed by atoms with Crippen molar-refractivity contribution in [3.8, 4) is 0 Å². The van der Waals surface area contributed by atoms with Gasteiger partial charge < -0.3 is 14.3 Å². The average Bonchev–Trinajstić information content (AvgIpc) is 1.92. The zero-order valence-corrected chi connectivity index (χ0v) is 9.91. The zero-order chi connectivity index (χ0) is 10.5. The summed E-state index contributed by atoms with van der Waals surface area (Å²) < 4.78 is 35.4. The summed E-state index contributed by atoms with van der Waals surface area (Å²) in [4.78, 5) is 0. The Balaban J connectivity index is 0. The van der Waals surface area contributed by atoms with Crippen LogP contribution in [-0.2, 0) is 10.4 Å². The molecule has 1 aromatic heterocycles. The first kappa shape index (κ1) is 16.2. The van der Waals surface area contributed by atoms with Crippen molar-refractivity contribution in [2.45, 2.75) is 0 Å². The number of hydrogen-bond acceptors (Lipinski definition) is 6. The maximum Gasteiger partial charge on any atom is 2.00 e. The summed E-state index contributed by atoms with van der Waals surface area (Å²) in [6.07, 6.45) is 1.49. The first-order chi connectivity index (χ1) is 5.80. The summed E-state index contributed by atoms with van der Waals surface area (Å²) in [5, 5.41) is 8.73. The van der Waals surface area contributed by atoms with Gasteiger partial charge in [0.2, 0.25) is 0 Å². The SMILES string of the molecule is O=S(=O)([O-])[O-].On1ccccc1=S.[Mg+2]. The minimum Gasteiger partial charge on any atom is -0.759 e. The molecule has 0 radical (unpaired) electrons. The molecule has 14 heavy (non-hydrogen) atoms. The monoisotopic (exact) mass is 247 g/mol. The fourth-order valence-corrected chi connectivity index (χ4v) is 0.558. The van der Waals surface area contributed by atoms with Gasteiger partial charge >= 0.3 is 23.1 Å². The maximum atomic E-state index is 8.73. The summed E-state index contributed by atoms with van der Waals surface area (Å²) in [5.74, 6) is 0. The van der Waals surface area contributed by atoms with E-state index in [-0.39, 0.29) is 23.1 Å². The third-order valence-corrected chi connectivity index (χ3v) is 1.13. The summed E-state index contributed by atoms with van der Waals surface area (Å²) in [6.45, 7) is 0. The molecule has 9 heteroatoms. The first-order valence-corrected chi connectivity index (χ1v) is 4.58. The van der Waals surface area contributed by atoms with Crippen LogP contribution in [0.2, 0.25) is 0 Å². The Morgan fingerprint density at radius 3 is 2.00 bits per heavy atom. The molecule has 0 atom stereocenters. The normalized spacial score (nSPS) is 9.29. The summed E-state index contributed by atoms with van der Waals surface area (Å²) in [5.41, 5.74) is 0. The van der Waals surface area contributed by atoms with Gasteiger partial charge in [-0.25, -0.2) is 0 Å². The molecule has 0 amide bonds. The second-order valence-electron chi connectivity index (χ2n) is 1.79. The van der Waals surface area contributed by atoms with E-state index in [4.69, 9.17) is 22.7 Å². The van der Waals surface area contributed by atoms with E-state index >= 15 is 0 Å². The molecule has 0 aliphatic carbocycles. The smallest absolute Gasteiger partial charge is 0.759 e. The largest absolute Gasteiger partial charge is 2.00 e. The Hall–Kier alpha value is -0.194. The quantitative estimate of drug-likeness (QED) is 0.222. The molecule has 1 heterocycles.